The number of nitrogens with zero attached hydrogens (tertiary/aromatic N) is 1. The van der Waals surface area contributed by atoms with Crippen LogP contribution in [0.3, 0.4) is 0 Å². The summed E-state index contributed by atoms with van der Waals surface area (Å²) in [4.78, 5) is 18.4. The van der Waals surface area contributed by atoms with Crippen molar-refractivity contribution in [1.82, 2.24) is 9.97 Å². The summed E-state index contributed by atoms with van der Waals surface area (Å²) in [6, 6.07) is 5.33. The van der Waals surface area contributed by atoms with E-state index in [9.17, 15) is 9.18 Å². The Labute approximate surface area is 108 Å². The van der Waals surface area contributed by atoms with Gasteiger partial charge in [0.05, 0.1) is 11.8 Å². The van der Waals surface area contributed by atoms with Gasteiger partial charge in [0, 0.05) is 12.0 Å². The molecule has 1 aliphatic rings. The molecule has 0 atom stereocenters. The van der Waals surface area contributed by atoms with Crippen LogP contribution >= 0.6 is 0 Å². The van der Waals surface area contributed by atoms with Crippen LogP contribution in [0.4, 0.5) is 10.1 Å². The Morgan fingerprint density at radius 3 is 2.84 bits per heavy atom. The molecular weight excluding hydrogens is 249 g/mol. The molecule has 1 aromatic carbocycles. The van der Waals surface area contributed by atoms with Gasteiger partial charge in [-0.2, -0.15) is 4.98 Å². The first-order chi connectivity index (χ1) is 9.11. The van der Waals surface area contributed by atoms with E-state index in [0.717, 1.165) is 18.9 Å². The fourth-order valence-corrected chi connectivity index (χ4v) is 1.75. The standard InChI is InChI=1S/C13H12FN3O2/c14-9-5-8(3-4-10(9)15)19-12-6-11(18)16-13(17-12)7-1-2-7/h3-7H,1-2,15H2,(H,16,17,18). The van der Waals surface area contributed by atoms with Gasteiger partial charge in [0.25, 0.3) is 5.56 Å². The Morgan fingerprint density at radius 1 is 1.37 bits per heavy atom. The van der Waals surface area contributed by atoms with Crippen LogP contribution in [0.5, 0.6) is 11.6 Å². The SMILES string of the molecule is Nc1ccc(Oc2cc(=O)[nH]c(C3CC3)n2)cc1F. The smallest absolute Gasteiger partial charge is 0.254 e. The highest BCUT2D eigenvalue weighted by molar-refractivity contribution is 5.44. The van der Waals surface area contributed by atoms with E-state index in [0.29, 0.717) is 11.7 Å². The van der Waals surface area contributed by atoms with Gasteiger partial charge in [-0.15, -0.1) is 0 Å². The zero-order chi connectivity index (χ0) is 13.4. The number of nitrogens with two attached hydrogens (primary N) is 1. The minimum absolute atomic E-state index is 0.0462. The number of halogens is 1. The van der Waals surface area contributed by atoms with E-state index in [-0.39, 0.29) is 22.9 Å². The molecule has 0 unspecified atom stereocenters. The molecule has 0 spiro atoms. The summed E-state index contributed by atoms with van der Waals surface area (Å²) in [5.74, 6) is 0.781. The van der Waals surface area contributed by atoms with Crippen LogP contribution in [-0.2, 0) is 0 Å². The van der Waals surface area contributed by atoms with Crippen LogP contribution in [0.25, 0.3) is 0 Å². The molecular formula is C13H12FN3O2. The molecule has 1 aromatic heterocycles. The topological polar surface area (TPSA) is 81.0 Å². The number of aromatic amines is 1. The Kier molecular flexibility index (Phi) is 2.70. The van der Waals surface area contributed by atoms with Gasteiger partial charge < -0.3 is 15.5 Å². The molecule has 5 nitrogen and oxygen atoms in total. The fourth-order valence-electron chi connectivity index (χ4n) is 1.75. The molecule has 0 aliphatic heterocycles. The van der Waals surface area contributed by atoms with Gasteiger partial charge in [-0.05, 0) is 25.0 Å². The number of H-pyrrole nitrogens is 1. The summed E-state index contributed by atoms with van der Waals surface area (Å²) in [5.41, 5.74) is 5.15. The number of rotatable bonds is 3. The van der Waals surface area contributed by atoms with Crippen LogP contribution in [0, 0.1) is 5.82 Å². The second-order valence-electron chi connectivity index (χ2n) is 4.53. The largest absolute Gasteiger partial charge is 0.439 e. The molecule has 3 N–H and O–H groups in total. The van der Waals surface area contributed by atoms with E-state index in [1.165, 1.54) is 18.2 Å². The van der Waals surface area contributed by atoms with Crippen molar-refractivity contribution in [3.8, 4) is 11.6 Å². The van der Waals surface area contributed by atoms with Gasteiger partial charge in [-0.3, -0.25) is 4.79 Å². The highest BCUT2D eigenvalue weighted by Crippen LogP contribution is 2.38. The maximum atomic E-state index is 13.3. The van der Waals surface area contributed by atoms with E-state index in [2.05, 4.69) is 9.97 Å². The van der Waals surface area contributed by atoms with Crippen molar-refractivity contribution in [3.05, 3.63) is 46.3 Å². The van der Waals surface area contributed by atoms with Crippen molar-refractivity contribution in [2.24, 2.45) is 0 Å². The quantitative estimate of drug-likeness (QED) is 0.829. The number of aromatic nitrogens is 2. The molecule has 0 saturated heterocycles. The van der Waals surface area contributed by atoms with E-state index < -0.39 is 5.82 Å². The van der Waals surface area contributed by atoms with E-state index >= 15 is 0 Å². The minimum atomic E-state index is -0.565. The number of benzene rings is 1. The van der Waals surface area contributed by atoms with Crippen molar-refractivity contribution in [1.29, 1.82) is 0 Å². The Morgan fingerprint density at radius 2 is 2.16 bits per heavy atom. The second kappa shape index (κ2) is 4.38. The Balaban J connectivity index is 1.89. The first-order valence-electron chi connectivity index (χ1n) is 5.96. The average molecular weight is 261 g/mol. The molecule has 0 radical (unpaired) electrons. The lowest BCUT2D eigenvalue weighted by Gasteiger charge is -2.06. The maximum Gasteiger partial charge on any atom is 0.254 e. The molecule has 1 saturated carbocycles. The third kappa shape index (κ3) is 2.57. The second-order valence-corrected chi connectivity index (χ2v) is 4.53. The van der Waals surface area contributed by atoms with E-state index in [1.807, 2.05) is 0 Å². The van der Waals surface area contributed by atoms with Gasteiger partial charge in [0.1, 0.15) is 17.4 Å². The average Bonchev–Trinajstić information content (AvgIpc) is 3.17. The first kappa shape index (κ1) is 11.7. The summed E-state index contributed by atoms with van der Waals surface area (Å²) in [5, 5.41) is 0. The molecule has 6 heteroatoms. The molecule has 1 aliphatic carbocycles. The van der Waals surface area contributed by atoms with E-state index in [1.54, 1.807) is 0 Å². The highest BCUT2D eigenvalue weighted by Gasteiger charge is 2.26. The van der Waals surface area contributed by atoms with Crippen LogP contribution in [0.15, 0.2) is 29.1 Å². The van der Waals surface area contributed by atoms with Crippen LogP contribution in [0.2, 0.25) is 0 Å². The van der Waals surface area contributed by atoms with E-state index in [4.69, 9.17) is 10.5 Å². The molecule has 19 heavy (non-hydrogen) atoms. The van der Waals surface area contributed by atoms with Gasteiger partial charge in [0.15, 0.2) is 0 Å². The number of nitrogens with one attached hydrogen (secondary N) is 1. The molecule has 0 bridgehead atoms. The van der Waals surface area contributed by atoms with Crippen molar-refractivity contribution >= 4 is 5.69 Å². The predicted molar refractivity (Wildman–Crippen MR) is 67.7 cm³/mol. The van der Waals surface area contributed by atoms with Gasteiger partial charge in [-0.1, -0.05) is 0 Å². The third-order valence-electron chi connectivity index (χ3n) is 2.89. The number of nitrogen functional groups attached to an aromatic ring is 1. The normalized spacial score (nSPS) is 14.4. The van der Waals surface area contributed by atoms with Gasteiger partial charge in [-0.25, -0.2) is 4.39 Å². The molecule has 1 heterocycles. The van der Waals surface area contributed by atoms with Crippen molar-refractivity contribution in [2.75, 3.05) is 5.73 Å². The van der Waals surface area contributed by atoms with Crippen LogP contribution in [0.1, 0.15) is 24.6 Å². The van der Waals surface area contributed by atoms with Gasteiger partial charge in [0.2, 0.25) is 5.88 Å². The summed E-state index contributed by atoms with van der Waals surface area (Å²) in [6.45, 7) is 0. The van der Waals surface area contributed by atoms with Crippen molar-refractivity contribution < 1.29 is 9.13 Å². The molecule has 98 valence electrons. The summed E-state index contributed by atoms with van der Waals surface area (Å²) < 4.78 is 18.7. The molecule has 2 aromatic rings. The monoisotopic (exact) mass is 261 g/mol. The van der Waals surface area contributed by atoms with Gasteiger partial charge >= 0.3 is 0 Å². The summed E-state index contributed by atoms with van der Waals surface area (Å²) >= 11 is 0. The van der Waals surface area contributed by atoms with Crippen molar-refractivity contribution in [3.63, 3.8) is 0 Å². The Hall–Kier alpha value is -2.37. The predicted octanol–water partition coefficient (Wildman–Crippen LogP) is 2.16. The number of anilines is 1. The van der Waals surface area contributed by atoms with Crippen molar-refractivity contribution in [2.45, 2.75) is 18.8 Å². The minimum Gasteiger partial charge on any atom is -0.439 e. The molecule has 1 fully saturated rings. The molecule has 3 rings (SSSR count). The third-order valence-corrected chi connectivity index (χ3v) is 2.89. The number of ether oxygens (including phenoxy) is 1. The lowest BCUT2D eigenvalue weighted by atomic mass is 10.3. The summed E-state index contributed by atoms with van der Waals surface area (Å²) in [7, 11) is 0. The summed E-state index contributed by atoms with van der Waals surface area (Å²) in [6.07, 6.45) is 2.03. The highest BCUT2D eigenvalue weighted by atomic mass is 19.1. The molecule has 0 amide bonds. The maximum absolute atomic E-state index is 13.3. The zero-order valence-electron chi connectivity index (χ0n) is 10.0. The lowest BCUT2D eigenvalue weighted by Crippen LogP contribution is -2.10. The lowest BCUT2D eigenvalue weighted by molar-refractivity contribution is 0.453. The first-order valence-corrected chi connectivity index (χ1v) is 5.96. The van der Waals surface area contributed by atoms with Crippen LogP contribution < -0.4 is 16.0 Å². The Bertz CT molecular complexity index is 680. The number of hydrogen-bond acceptors (Lipinski definition) is 4. The number of hydrogen-bond donors (Lipinski definition) is 2. The van der Waals surface area contributed by atoms with Crippen LogP contribution in [-0.4, -0.2) is 9.97 Å². The zero-order valence-corrected chi connectivity index (χ0v) is 10.0. The fraction of sp³-hybridized carbons (Fsp3) is 0.231.